The molecule has 2 aromatic rings. The van der Waals surface area contributed by atoms with Gasteiger partial charge in [0, 0.05) is 6.54 Å². The lowest BCUT2D eigenvalue weighted by molar-refractivity contribution is 0.0694. The number of carboxylic acid groups (broad SMARTS) is 1. The molecule has 0 aliphatic rings. The van der Waals surface area contributed by atoms with Gasteiger partial charge in [0.05, 0.1) is 5.52 Å². The van der Waals surface area contributed by atoms with Gasteiger partial charge < -0.3 is 9.67 Å². The molecule has 1 aromatic carbocycles. The average Bonchev–Trinajstić information content (AvgIpc) is 2.31. The zero-order chi connectivity index (χ0) is 13.3. The number of hydrogen-bond donors (Lipinski definition) is 1. The summed E-state index contributed by atoms with van der Waals surface area (Å²) in [5.74, 6) is -0.904. The summed E-state index contributed by atoms with van der Waals surface area (Å²) >= 11 is 0. The maximum Gasteiger partial charge on any atom is 0.341 e. The predicted molar refractivity (Wildman–Crippen MR) is 70.0 cm³/mol. The summed E-state index contributed by atoms with van der Waals surface area (Å²) in [6.45, 7) is 4.50. The average molecular weight is 245 g/mol. The van der Waals surface area contributed by atoms with Crippen molar-refractivity contribution < 1.29 is 9.90 Å². The maximum atomic E-state index is 12.1. The molecule has 0 bridgehead atoms. The van der Waals surface area contributed by atoms with Gasteiger partial charge in [0.2, 0.25) is 0 Å². The Labute approximate surface area is 104 Å². The molecule has 1 N–H and O–H groups in total. The van der Waals surface area contributed by atoms with Crippen LogP contribution >= 0.6 is 0 Å². The summed E-state index contributed by atoms with van der Waals surface area (Å²) < 4.78 is 1.55. The molecule has 0 saturated carbocycles. The number of para-hydroxylation sites is 1. The van der Waals surface area contributed by atoms with Crippen molar-refractivity contribution in [2.45, 2.75) is 20.4 Å². The summed E-state index contributed by atoms with van der Waals surface area (Å²) in [6, 6.07) is 8.77. The minimum atomic E-state index is -1.18. The van der Waals surface area contributed by atoms with Crippen LogP contribution in [-0.2, 0) is 6.54 Å². The lowest BCUT2D eigenvalue weighted by Crippen LogP contribution is -2.28. The Morgan fingerprint density at radius 1 is 1.33 bits per heavy atom. The van der Waals surface area contributed by atoms with E-state index in [4.69, 9.17) is 5.11 Å². The Morgan fingerprint density at radius 3 is 2.61 bits per heavy atom. The van der Waals surface area contributed by atoms with E-state index in [9.17, 15) is 9.59 Å². The highest BCUT2D eigenvalue weighted by atomic mass is 16.4. The van der Waals surface area contributed by atoms with Crippen LogP contribution in [0.15, 0.2) is 35.1 Å². The normalized spacial score (nSPS) is 11.1. The van der Waals surface area contributed by atoms with E-state index >= 15 is 0 Å². The fourth-order valence-corrected chi connectivity index (χ4v) is 2.03. The molecule has 0 spiro atoms. The second kappa shape index (κ2) is 4.64. The monoisotopic (exact) mass is 245 g/mol. The molecule has 0 aliphatic heterocycles. The van der Waals surface area contributed by atoms with Crippen molar-refractivity contribution in [3.05, 3.63) is 46.2 Å². The van der Waals surface area contributed by atoms with Crippen LogP contribution in [0.1, 0.15) is 24.2 Å². The molecule has 18 heavy (non-hydrogen) atoms. The van der Waals surface area contributed by atoms with Crippen molar-refractivity contribution in [3.8, 4) is 0 Å². The molecule has 1 aromatic heterocycles. The number of benzene rings is 1. The fraction of sp³-hybridized carbons (Fsp3) is 0.286. The number of pyridine rings is 1. The molecule has 0 amide bonds. The van der Waals surface area contributed by atoms with Crippen LogP contribution in [0.2, 0.25) is 0 Å². The summed E-state index contributed by atoms with van der Waals surface area (Å²) in [6.07, 6.45) is 0. The number of carbonyl (C=O) groups is 1. The van der Waals surface area contributed by atoms with Crippen LogP contribution < -0.4 is 5.56 Å². The highest BCUT2D eigenvalue weighted by Gasteiger charge is 2.14. The van der Waals surface area contributed by atoms with Crippen LogP contribution in [0.5, 0.6) is 0 Å². The molecule has 4 heteroatoms. The predicted octanol–water partition coefficient (Wildman–Crippen LogP) is 2.36. The molecule has 1 heterocycles. The molecule has 0 atom stereocenters. The summed E-state index contributed by atoms with van der Waals surface area (Å²) in [4.78, 5) is 23.2. The minimum absolute atomic E-state index is 0.172. The molecule has 94 valence electrons. The van der Waals surface area contributed by atoms with E-state index in [-0.39, 0.29) is 11.5 Å². The van der Waals surface area contributed by atoms with E-state index < -0.39 is 11.5 Å². The van der Waals surface area contributed by atoms with E-state index in [0.29, 0.717) is 6.54 Å². The van der Waals surface area contributed by atoms with Gasteiger partial charge in [-0.2, -0.15) is 0 Å². The van der Waals surface area contributed by atoms with Gasteiger partial charge in [-0.05, 0) is 23.4 Å². The van der Waals surface area contributed by atoms with E-state index in [2.05, 4.69) is 0 Å². The Morgan fingerprint density at radius 2 is 2.00 bits per heavy atom. The van der Waals surface area contributed by atoms with Crippen molar-refractivity contribution in [1.29, 1.82) is 0 Å². The topological polar surface area (TPSA) is 59.3 Å². The van der Waals surface area contributed by atoms with Crippen molar-refractivity contribution >= 4 is 16.9 Å². The van der Waals surface area contributed by atoms with Gasteiger partial charge >= 0.3 is 5.97 Å². The van der Waals surface area contributed by atoms with Gasteiger partial charge in [-0.15, -0.1) is 0 Å². The lowest BCUT2D eigenvalue weighted by atomic mass is 10.1. The first-order chi connectivity index (χ1) is 8.50. The largest absolute Gasteiger partial charge is 0.477 e. The van der Waals surface area contributed by atoms with E-state index in [1.165, 1.54) is 6.07 Å². The zero-order valence-electron chi connectivity index (χ0n) is 10.4. The Balaban J connectivity index is 2.81. The first kappa shape index (κ1) is 12.4. The first-order valence-electron chi connectivity index (χ1n) is 5.86. The molecular formula is C14H15NO3. The number of carboxylic acids is 1. The molecule has 0 saturated heterocycles. The van der Waals surface area contributed by atoms with Crippen LogP contribution in [-0.4, -0.2) is 15.6 Å². The number of hydrogen-bond acceptors (Lipinski definition) is 2. The molecule has 0 fully saturated rings. The van der Waals surface area contributed by atoms with Gasteiger partial charge in [-0.1, -0.05) is 32.0 Å². The van der Waals surface area contributed by atoms with Crippen LogP contribution in [0.4, 0.5) is 0 Å². The van der Waals surface area contributed by atoms with Crippen molar-refractivity contribution in [2.24, 2.45) is 5.92 Å². The van der Waals surface area contributed by atoms with E-state index in [0.717, 1.165) is 10.9 Å². The molecular weight excluding hydrogens is 230 g/mol. The highest BCUT2D eigenvalue weighted by molar-refractivity contribution is 5.92. The van der Waals surface area contributed by atoms with Gasteiger partial charge in [-0.3, -0.25) is 4.79 Å². The van der Waals surface area contributed by atoms with Gasteiger partial charge in [-0.25, -0.2) is 4.79 Å². The third-order valence-electron chi connectivity index (χ3n) is 2.78. The highest BCUT2D eigenvalue weighted by Crippen LogP contribution is 2.14. The summed E-state index contributed by atoms with van der Waals surface area (Å²) in [5, 5.41) is 9.84. The fourth-order valence-electron chi connectivity index (χ4n) is 2.03. The van der Waals surface area contributed by atoms with Crippen molar-refractivity contribution in [1.82, 2.24) is 4.57 Å². The number of nitrogens with zero attached hydrogens (tertiary/aromatic N) is 1. The van der Waals surface area contributed by atoms with Crippen LogP contribution in [0.25, 0.3) is 10.9 Å². The van der Waals surface area contributed by atoms with Crippen molar-refractivity contribution in [3.63, 3.8) is 0 Å². The first-order valence-corrected chi connectivity index (χ1v) is 5.86. The smallest absolute Gasteiger partial charge is 0.341 e. The number of rotatable bonds is 3. The molecule has 4 nitrogen and oxygen atoms in total. The Kier molecular flexibility index (Phi) is 3.19. The standard InChI is InChI=1S/C14H15NO3/c1-9(2)8-15-12-6-4-3-5-10(12)7-11(13(15)16)14(17)18/h3-7,9H,8H2,1-2H3,(H,17,18). The third kappa shape index (κ3) is 2.14. The van der Waals surface area contributed by atoms with Crippen LogP contribution in [0.3, 0.4) is 0 Å². The second-order valence-electron chi connectivity index (χ2n) is 4.73. The number of aromatic nitrogens is 1. The Bertz CT molecular complexity index is 656. The van der Waals surface area contributed by atoms with Gasteiger partial charge in [0.25, 0.3) is 5.56 Å². The minimum Gasteiger partial charge on any atom is -0.477 e. The number of fused-ring (bicyclic) bond motifs is 1. The number of aromatic carboxylic acids is 1. The summed E-state index contributed by atoms with van der Waals surface area (Å²) in [5.41, 5.74) is 0.172. The quantitative estimate of drug-likeness (QED) is 0.903. The van der Waals surface area contributed by atoms with Crippen molar-refractivity contribution in [2.75, 3.05) is 0 Å². The maximum absolute atomic E-state index is 12.1. The van der Waals surface area contributed by atoms with E-state index in [1.807, 2.05) is 38.1 Å². The SMILES string of the molecule is CC(C)Cn1c(=O)c(C(=O)O)cc2ccccc21. The lowest BCUT2D eigenvalue weighted by Gasteiger charge is -2.13. The molecule has 0 aliphatic carbocycles. The van der Waals surface area contributed by atoms with Crippen LogP contribution in [0, 0.1) is 5.92 Å². The third-order valence-corrected chi connectivity index (χ3v) is 2.78. The van der Waals surface area contributed by atoms with Gasteiger partial charge in [0.1, 0.15) is 5.56 Å². The Hall–Kier alpha value is -2.10. The zero-order valence-corrected chi connectivity index (χ0v) is 10.4. The van der Waals surface area contributed by atoms with E-state index in [1.54, 1.807) is 4.57 Å². The molecule has 0 unspecified atom stereocenters. The molecule has 0 radical (unpaired) electrons. The second-order valence-corrected chi connectivity index (χ2v) is 4.73. The van der Waals surface area contributed by atoms with Gasteiger partial charge in [0.15, 0.2) is 0 Å². The summed E-state index contributed by atoms with van der Waals surface area (Å²) in [7, 11) is 0. The molecule has 2 rings (SSSR count).